The fourth-order valence-corrected chi connectivity index (χ4v) is 13.6. The van der Waals surface area contributed by atoms with Crippen LogP contribution in [0, 0.1) is 17.8 Å². The summed E-state index contributed by atoms with van der Waals surface area (Å²) < 4.78 is 30.2. The van der Waals surface area contributed by atoms with Crippen molar-refractivity contribution >= 4 is 35.0 Å². The van der Waals surface area contributed by atoms with Crippen LogP contribution in [0.3, 0.4) is 0 Å². The molecule has 0 spiro atoms. The van der Waals surface area contributed by atoms with Crippen molar-refractivity contribution in [2.24, 2.45) is 17.8 Å². The molecule has 8 aliphatic rings. The molecule has 8 fully saturated rings. The smallest absolute Gasteiger partial charge is 0.409 e. The van der Waals surface area contributed by atoms with Crippen LogP contribution in [0.25, 0.3) is 11.5 Å². The van der Waals surface area contributed by atoms with Gasteiger partial charge >= 0.3 is 6.09 Å². The summed E-state index contributed by atoms with van der Waals surface area (Å²) in [5.41, 5.74) is 6.07. The molecule has 0 saturated carbocycles. The summed E-state index contributed by atoms with van der Waals surface area (Å²) in [5, 5.41) is 16.6. The monoisotopic (exact) mass is 1130 g/mol. The Labute approximate surface area is 481 Å². The highest BCUT2D eigenvalue weighted by atomic mass is 16.8. The average molecular weight is 1130 g/mol. The van der Waals surface area contributed by atoms with E-state index in [0.29, 0.717) is 110 Å². The van der Waals surface area contributed by atoms with E-state index in [1.807, 2.05) is 48.8 Å². The number of aromatic nitrogens is 2. The predicted octanol–water partition coefficient (Wildman–Crippen LogP) is 6.11. The van der Waals surface area contributed by atoms with Gasteiger partial charge in [0.2, 0.25) is 11.8 Å². The second-order valence-electron chi connectivity index (χ2n) is 23.3. The SMILES string of the molecule is CCC(=O)N1CCC(C2NC(c3ccccc3N3CCOC(N4OC(c5ccccc5N5CCOCC5)NC4C4CCN(C(=O)C(C)C)CC4)C3)ON2C2CN(c3ccccc3-c3nc(C4CCN(C(=O)OC)CC4)no3)CCO2)CC1. The van der Waals surface area contributed by atoms with Crippen LogP contribution in [0.5, 0.6) is 0 Å². The lowest BCUT2D eigenvalue weighted by atomic mass is 9.92. The molecular formula is C60H82N12O10. The van der Waals surface area contributed by atoms with Gasteiger partial charge in [0.15, 0.2) is 30.7 Å². The van der Waals surface area contributed by atoms with Crippen molar-refractivity contribution in [1.82, 2.24) is 45.6 Å². The first kappa shape index (κ1) is 56.5. The quantitative estimate of drug-likeness (QED) is 0.156. The second-order valence-corrected chi connectivity index (χ2v) is 23.3. The standard InChI is InChI=1S/C60H82N12O10/c1-5-50(73)66-24-20-42(21-25-66)54-63-58(82-71(54)51-38-69(32-36-78-51)48-16-10-6-12-44(48)56-61-53(64-80-56)41-18-28-68(29-19-41)60(75)76-4)46-14-8-11-17-49(46)70-33-37-79-52(39-70)72-55(43-22-26-67(27-23-43)59(74)40(2)3)62-57(81-72)45-13-7-9-15-47(45)65-30-34-77-35-31-65/h6-17,40-43,51-52,54-55,57-58,62-63H,5,18-39H2,1-4H3. The number of likely N-dealkylation sites (tertiary alicyclic amines) is 3. The first-order valence-electron chi connectivity index (χ1n) is 30.1. The fraction of sp³-hybridized carbons (Fsp3) is 0.617. The van der Waals surface area contributed by atoms with Crippen LogP contribution < -0.4 is 25.3 Å². The zero-order valence-electron chi connectivity index (χ0n) is 48.0. The molecule has 82 heavy (non-hydrogen) atoms. The number of nitrogens with zero attached hydrogens (tertiary/aromatic N) is 10. The van der Waals surface area contributed by atoms with Gasteiger partial charge in [-0.1, -0.05) is 74.5 Å². The molecule has 2 N–H and O–H groups in total. The van der Waals surface area contributed by atoms with Crippen molar-refractivity contribution < 1.29 is 47.5 Å². The fourth-order valence-electron chi connectivity index (χ4n) is 13.6. The molecule has 4 aromatic rings. The van der Waals surface area contributed by atoms with E-state index >= 15 is 0 Å². The van der Waals surface area contributed by atoms with Gasteiger partial charge in [-0.25, -0.2) is 4.79 Å². The molecule has 9 heterocycles. The van der Waals surface area contributed by atoms with Gasteiger partial charge in [-0.3, -0.25) is 29.9 Å². The molecule has 0 aliphatic carbocycles. The first-order chi connectivity index (χ1) is 40.1. The molecule has 0 radical (unpaired) electrons. The maximum atomic E-state index is 13.2. The molecule has 8 saturated heterocycles. The second kappa shape index (κ2) is 25.5. The molecule has 6 unspecified atom stereocenters. The van der Waals surface area contributed by atoms with Crippen LogP contribution >= 0.6 is 0 Å². The largest absolute Gasteiger partial charge is 0.453 e. The minimum absolute atomic E-state index is 0.0439. The molecule has 3 aromatic carbocycles. The number of piperidine rings is 3. The maximum Gasteiger partial charge on any atom is 0.409 e. The van der Waals surface area contributed by atoms with Crippen LogP contribution in [-0.2, 0) is 38.2 Å². The van der Waals surface area contributed by atoms with Crippen molar-refractivity contribution in [1.29, 1.82) is 0 Å². The van der Waals surface area contributed by atoms with Gasteiger partial charge in [-0.15, -0.1) is 10.1 Å². The van der Waals surface area contributed by atoms with Crippen molar-refractivity contribution in [3.05, 3.63) is 89.7 Å². The Balaban J connectivity index is 0.787. The van der Waals surface area contributed by atoms with Gasteiger partial charge in [0.05, 0.1) is 64.5 Å². The van der Waals surface area contributed by atoms with Crippen molar-refractivity contribution in [2.45, 2.75) is 109 Å². The normalized spacial score (nSPS) is 27.0. The number of hydroxylamine groups is 4. The van der Waals surface area contributed by atoms with Crippen molar-refractivity contribution in [3.8, 4) is 11.5 Å². The van der Waals surface area contributed by atoms with E-state index in [4.69, 9.17) is 38.1 Å². The van der Waals surface area contributed by atoms with E-state index in [-0.39, 0.29) is 53.9 Å². The molecule has 442 valence electrons. The van der Waals surface area contributed by atoms with Crippen LogP contribution in [0.1, 0.15) is 101 Å². The van der Waals surface area contributed by atoms with Crippen molar-refractivity contribution in [3.63, 3.8) is 0 Å². The number of amides is 3. The average Bonchev–Trinajstić information content (AvgIpc) is 4.54. The highest BCUT2D eigenvalue weighted by Gasteiger charge is 2.49. The molecule has 22 heteroatoms. The Morgan fingerprint density at radius 3 is 1.67 bits per heavy atom. The van der Waals surface area contributed by atoms with Gasteiger partial charge in [0.25, 0.3) is 5.89 Å². The summed E-state index contributed by atoms with van der Waals surface area (Å²) in [6.45, 7) is 16.1. The Morgan fingerprint density at radius 1 is 0.610 bits per heavy atom. The summed E-state index contributed by atoms with van der Waals surface area (Å²) in [6.07, 6.45) is 2.77. The topological polar surface area (TPSA) is 195 Å². The number of rotatable bonds is 13. The van der Waals surface area contributed by atoms with Gasteiger partial charge in [-0.2, -0.15) is 4.98 Å². The van der Waals surface area contributed by atoms with Gasteiger partial charge < -0.3 is 52.9 Å². The summed E-state index contributed by atoms with van der Waals surface area (Å²) >= 11 is 0. The van der Waals surface area contributed by atoms with E-state index < -0.39 is 24.9 Å². The number of carbonyl (C=O) groups is 3. The third-order valence-electron chi connectivity index (χ3n) is 18.1. The summed E-state index contributed by atoms with van der Waals surface area (Å²) in [4.78, 5) is 70.5. The zero-order chi connectivity index (χ0) is 56.3. The lowest BCUT2D eigenvalue weighted by Gasteiger charge is -2.43. The molecule has 1 aromatic heterocycles. The number of morpholine rings is 3. The van der Waals surface area contributed by atoms with E-state index in [9.17, 15) is 14.4 Å². The maximum absolute atomic E-state index is 13.2. The van der Waals surface area contributed by atoms with Gasteiger partial charge in [0, 0.05) is 112 Å². The highest BCUT2D eigenvalue weighted by molar-refractivity contribution is 5.78. The predicted molar refractivity (Wildman–Crippen MR) is 304 cm³/mol. The van der Waals surface area contributed by atoms with Crippen LogP contribution in [0.2, 0.25) is 0 Å². The molecule has 0 bridgehead atoms. The van der Waals surface area contributed by atoms with E-state index in [0.717, 1.165) is 85.4 Å². The molecule has 6 atom stereocenters. The number of hydrogen-bond donors (Lipinski definition) is 2. The number of carbonyl (C=O) groups excluding carboxylic acids is 3. The minimum Gasteiger partial charge on any atom is -0.453 e. The molecule has 8 aliphatic heterocycles. The molecule has 22 nitrogen and oxygen atoms in total. The lowest BCUT2D eigenvalue weighted by Crippen LogP contribution is -2.56. The number of nitrogens with one attached hydrogen (secondary N) is 2. The lowest BCUT2D eigenvalue weighted by molar-refractivity contribution is -0.264. The van der Waals surface area contributed by atoms with E-state index in [1.165, 1.54) is 7.11 Å². The summed E-state index contributed by atoms with van der Waals surface area (Å²) in [6, 6.07) is 25.2. The Kier molecular flexibility index (Phi) is 17.6. The van der Waals surface area contributed by atoms with Crippen LogP contribution in [0.4, 0.5) is 21.9 Å². The van der Waals surface area contributed by atoms with Crippen LogP contribution in [0.15, 0.2) is 77.3 Å². The number of benzene rings is 3. The minimum atomic E-state index is -0.516. The number of ether oxygens (including phenoxy) is 4. The highest BCUT2D eigenvalue weighted by Crippen LogP contribution is 2.42. The molecule has 3 amide bonds. The van der Waals surface area contributed by atoms with Gasteiger partial charge in [-0.05, 0) is 74.6 Å². The van der Waals surface area contributed by atoms with E-state index in [2.05, 4.69) is 95.2 Å². The third kappa shape index (κ3) is 11.9. The first-order valence-corrected chi connectivity index (χ1v) is 30.1. The Hall–Kier alpha value is -5.95. The van der Waals surface area contributed by atoms with Crippen molar-refractivity contribution in [2.75, 3.05) is 127 Å². The number of methoxy groups -OCH3 is 1. The third-order valence-corrected chi connectivity index (χ3v) is 18.1. The molecular weight excluding hydrogens is 1050 g/mol. The summed E-state index contributed by atoms with van der Waals surface area (Å²) in [5.74, 6) is 1.89. The number of hydrogen-bond acceptors (Lipinski definition) is 19. The van der Waals surface area contributed by atoms with E-state index in [1.54, 1.807) is 4.90 Å². The Morgan fingerprint density at radius 2 is 1.11 bits per heavy atom. The molecule has 12 rings (SSSR count). The number of anilines is 3. The number of para-hydroxylation sites is 3. The zero-order valence-corrected chi connectivity index (χ0v) is 48.0. The van der Waals surface area contributed by atoms with Gasteiger partial charge in [0.1, 0.15) is 0 Å². The summed E-state index contributed by atoms with van der Waals surface area (Å²) in [7, 11) is 1.41. The Bertz CT molecular complexity index is 2810. The van der Waals surface area contributed by atoms with Crippen LogP contribution in [-0.4, -0.2) is 190 Å².